The van der Waals surface area contributed by atoms with Crippen molar-refractivity contribution in [1.82, 2.24) is 4.90 Å². The molecule has 1 spiro atoms. The van der Waals surface area contributed by atoms with E-state index < -0.39 is 96.7 Å². The first-order valence-corrected chi connectivity index (χ1v) is 17.7. The summed E-state index contributed by atoms with van der Waals surface area (Å²) in [6, 6.07) is -0.219. The van der Waals surface area contributed by atoms with Crippen LogP contribution >= 0.6 is 0 Å². The average Bonchev–Trinajstić information content (AvgIpc) is 3.82. The van der Waals surface area contributed by atoms with Gasteiger partial charge in [-0.1, -0.05) is 27.7 Å². The number of hydrogen-bond acceptors (Lipinski definition) is 13. The Morgan fingerprint density at radius 3 is 2.02 bits per heavy atom. The van der Waals surface area contributed by atoms with Crippen LogP contribution in [0.2, 0.25) is 0 Å². The summed E-state index contributed by atoms with van der Waals surface area (Å²) in [5.74, 6) is -3.74. The van der Waals surface area contributed by atoms with Crippen molar-refractivity contribution in [3.63, 3.8) is 0 Å². The molecule has 0 amide bonds. The van der Waals surface area contributed by atoms with Gasteiger partial charge in [-0.3, -0.25) is 9.59 Å². The van der Waals surface area contributed by atoms with E-state index in [1.165, 1.54) is 7.11 Å². The Morgan fingerprint density at radius 1 is 0.792 bits per heavy atom. The number of cyclic esters (lactones) is 1. The number of aliphatic hydroxyl groups excluding tert-OH is 3. The predicted molar refractivity (Wildman–Crippen MR) is 174 cm³/mol. The van der Waals surface area contributed by atoms with Crippen LogP contribution < -0.4 is 0 Å². The highest BCUT2D eigenvalue weighted by Gasteiger charge is 2.57. The Kier molecular flexibility index (Phi) is 13.1. The van der Waals surface area contributed by atoms with Gasteiger partial charge in [0, 0.05) is 37.3 Å². The Hall–Kier alpha value is -1.26. The monoisotopic (exact) mass is 687 g/mol. The molecule has 13 heteroatoms. The molecule has 0 aromatic heterocycles. The minimum atomic E-state index is -1.10. The minimum absolute atomic E-state index is 0.198. The molecule has 4 rings (SSSR count). The van der Waals surface area contributed by atoms with Crippen molar-refractivity contribution in [3.8, 4) is 0 Å². The lowest BCUT2D eigenvalue weighted by Gasteiger charge is -2.46. The molecule has 48 heavy (non-hydrogen) atoms. The number of esters is 1. The summed E-state index contributed by atoms with van der Waals surface area (Å²) >= 11 is 0. The molecule has 18 atom stereocenters. The van der Waals surface area contributed by atoms with Gasteiger partial charge in [0.1, 0.15) is 18.3 Å². The van der Waals surface area contributed by atoms with Crippen molar-refractivity contribution in [1.29, 1.82) is 0 Å². The first-order chi connectivity index (χ1) is 22.4. The van der Waals surface area contributed by atoms with Crippen LogP contribution in [-0.2, 0) is 42.7 Å². The molecule has 3 N–H and O–H groups in total. The van der Waals surface area contributed by atoms with Gasteiger partial charge in [0.05, 0.1) is 49.1 Å². The van der Waals surface area contributed by atoms with Crippen LogP contribution in [0.15, 0.2) is 0 Å². The summed E-state index contributed by atoms with van der Waals surface area (Å²) in [5, 5.41) is 33.3. The van der Waals surface area contributed by atoms with Crippen LogP contribution in [0.25, 0.3) is 0 Å². The molecule has 4 saturated heterocycles. The quantitative estimate of drug-likeness (QED) is 0.274. The summed E-state index contributed by atoms with van der Waals surface area (Å²) in [6.07, 6.45) is -7.15. The van der Waals surface area contributed by atoms with E-state index in [1.54, 1.807) is 34.6 Å². The number of epoxide rings is 1. The van der Waals surface area contributed by atoms with Gasteiger partial charge < -0.3 is 53.4 Å². The third-order valence-electron chi connectivity index (χ3n) is 11.4. The number of ether oxygens (including phenoxy) is 7. The van der Waals surface area contributed by atoms with E-state index in [0.29, 0.717) is 6.42 Å². The zero-order valence-electron chi connectivity index (χ0n) is 30.6. The Balaban J connectivity index is 1.75. The second kappa shape index (κ2) is 16.0. The Bertz CT molecular complexity index is 1090. The van der Waals surface area contributed by atoms with Crippen LogP contribution in [0.4, 0.5) is 0 Å². The smallest absolute Gasteiger partial charge is 0.311 e. The summed E-state index contributed by atoms with van der Waals surface area (Å²) in [6.45, 7) is 14.6. The third kappa shape index (κ3) is 8.43. The molecule has 0 bridgehead atoms. The zero-order chi connectivity index (χ0) is 35.8. The standard InChI is InChI=1S/C35H61NO12/c1-16-14-35(15-43-35)32(40)19(4)27(37)18(3)22(7)46-33(41)21(6)31(47-26-13-25(42-11)28(38)23(8)45-26)20(5)30(16)48-34-29(39)24(36(9)10)12-17(2)44-34/h16-31,34,37-39H,12-15H2,1-11H3/t16-,17+,18-,19+,20+,21+,22+,23-,24-,25-,26-,27-,28-,29+,30-,31?,34-,35+/m0/s1. The van der Waals surface area contributed by atoms with E-state index in [0.717, 1.165) is 0 Å². The van der Waals surface area contributed by atoms with Gasteiger partial charge in [-0.25, -0.2) is 0 Å². The van der Waals surface area contributed by atoms with E-state index in [4.69, 9.17) is 33.2 Å². The number of nitrogens with zero attached hydrogens (tertiary/aromatic N) is 1. The molecule has 4 fully saturated rings. The van der Waals surface area contributed by atoms with Crippen molar-refractivity contribution in [3.05, 3.63) is 0 Å². The topological polar surface area (TPSA) is 166 Å². The van der Waals surface area contributed by atoms with Crippen molar-refractivity contribution >= 4 is 11.8 Å². The maximum absolute atomic E-state index is 13.9. The van der Waals surface area contributed by atoms with Crippen LogP contribution in [-0.4, -0.2) is 139 Å². The van der Waals surface area contributed by atoms with Gasteiger partial charge in [0.2, 0.25) is 0 Å². The molecule has 0 radical (unpaired) electrons. The fraction of sp³-hybridized carbons (Fsp3) is 0.943. The number of ketones is 1. The molecule has 13 nitrogen and oxygen atoms in total. The van der Waals surface area contributed by atoms with Crippen molar-refractivity contribution < 1.29 is 58.1 Å². The third-order valence-corrected chi connectivity index (χ3v) is 11.4. The number of likely N-dealkylation sites (N-methyl/N-ethyl adjacent to an activating group) is 1. The number of carbonyl (C=O) groups excluding carboxylic acids is 2. The summed E-state index contributed by atoms with van der Waals surface area (Å²) in [5.41, 5.74) is -1.10. The van der Waals surface area contributed by atoms with E-state index in [9.17, 15) is 24.9 Å². The largest absolute Gasteiger partial charge is 0.462 e. The number of Topliss-reactive ketones (excluding diaryl/α,β-unsaturated/α-hetero) is 1. The van der Waals surface area contributed by atoms with Crippen LogP contribution in [0.5, 0.6) is 0 Å². The molecule has 4 heterocycles. The number of carbonyl (C=O) groups is 2. The molecule has 4 aliphatic rings. The molecule has 0 aromatic carbocycles. The van der Waals surface area contributed by atoms with Crippen LogP contribution in [0, 0.1) is 29.6 Å². The molecule has 0 aromatic rings. The number of rotatable bonds is 6. The van der Waals surface area contributed by atoms with Crippen LogP contribution in [0.3, 0.4) is 0 Å². The fourth-order valence-corrected chi connectivity index (χ4v) is 7.89. The van der Waals surface area contributed by atoms with E-state index in [2.05, 4.69) is 0 Å². The van der Waals surface area contributed by atoms with Gasteiger partial charge in [0.15, 0.2) is 24.0 Å². The summed E-state index contributed by atoms with van der Waals surface area (Å²) in [4.78, 5) is 29.7. The maximum Gasteiger partial charge on any atom is 0.311 e. The average molecular weight is 688 g/mol. The highest BCUT2D eigenvalue weighted by atomic mass is 16.7. The second-order valence-corrected chi connectivity index (χ2v) is 15.3. The van der Waals surface area contributed by atoms with Gasteiger partial charge in [-0.15, -0.1) is 0 Å². The SMILES string of the molecule is CO[C@H]1C[C@H](OC2[C@@H](C)C(=O)O[C@H](C)[C@H](C)[C@H](O)[C@@H](C)C(=O)[C@]3(CO3)C[C@H](C)[C@H](O[C@@H]3O[C@H](C)C[C@H](N(C)C)[C@H]3O)[C@H]2C)O[C@@H](C)[C@@H]1O. The normalized spacial score (nSPS) is 49.9. The second-order valence-electron chi connectivity index (χ2n) is 15.3. The van der Waals surface area contributed by atoms with Crippen molar-refractivity contribution in [2.75, 3.05) is 27.8 Å². The Labute approximate surface area is 285 Å². The predicted octanol–water partition coefficient (Wildman–Crippen LogP) is 1.91. The number of hydrogen-bond donors (Lipinski definition) is 3. The van der Waals surface area contributed by atoms with E-state index in [1.807, 2.05) is 39.8 Å². The van der Waals surface area contributed by atoms with Gasteiger partial charge in [-0.05, 0) is 60.5 Å². The molecule has 0 saturated carbocycles. The first kappa shape index (κ1) is 39.5. The van der Waals surface area contributed by atoms with Gasteiger partial charge in [0.25, 0.3) is 0 Å². The van der Waals surface area contributed by atoms with E-state index >= 15 is 0 Å². The summed E-state index contributed by atoms with van der Waals surface area (Å²) in [7, 11) is 5.32. The molecule has 278 valence electrons. The number of aliphatic hydroxyl groups is 3. The lowest BCUT2D eigenvalue weighted by Crippen LogP contribution is -2.57. The molecule has 0 aliphatic carbocycles. The maximum atomic E-state index is 13.9. The van der Waals surface area contributed by atoms with Gasteiger partial charge >= 0.3 is 5.97 Å². The zero-order valence-corrected chi connectivity index (χ0v) is 30.6. The molecular weight excluding hydrogens is 626 g/mol. The molecule has 1 unspecified atom stereocenters. The lowest BCUT2D eigenvalue weighted by atomic mass is 9.76. The fourth-order valence-electron chi connectivity index (χ4n) is 7.89. The highest BCUT2D eigenvalue weighted by Crippen LogP contribution is 2.43. The Morgan fingerprint density at radius 2 is 1.44 bits per heavy atom. The van der Waals surface area contributed by atoms with Crippen molar-refractivity contribution in [2.24, 2.45) is 29.6 Å². The first-order valence-electron chi connectivity index (χ1n) is 17.7. The highest BCUT2D eigenvalue weighted by molar-refractivity contribution is 5.92. The number of methoxy groups -OCH3 is 1. The van der Waals surface area contributed by atoms with E-state index in [-0.39, 0.29) is 43.3 Å². The van der Waals surface area contributed by atoms with Crippen LogP contribution in [0.1, 0.15) is 74.7 Å². The van der Waals surface area contributed by atoms with Gasteiger partial charge in [-0.2, -0.15) is 0 Å². The minimum Gasteiger partial charge on any atom is -0.462 e. The van der Waals surface area contributed by atoms with Crippen molar-refractivity contribution in [2.45, 2.75) is 154 Å². The molecular formula is C35H61NO12. The lowest BCUT2D eigenvalue weighted by molar-refractivity contribution is -0.299. The summed E-state index contributed by atoms with van der Waals surface area (Å²) < 4.78 is 43.0. The molecule has 4 aliphatic heterocycles.